The van der Waals surface area contributed by atoms with Gasteiger partial charge in [0.15, 0.2) is 0 Å². The van der Waals surface area contributed by atoms with Gasteiger partial charge in [0, 0.05) is 25.8 Å². The molecule has 1 aliphatic heterocycles. The summed E-state index contributed by atoms with van der Waals surface area (Å²) in [6.07, 6.45) is 2.05. The van der Waals surface area contributed by atoms with Crippen LogP contribution in [0.15, 0.2) is 12.1 Å². The van der Waals surface area contributed by atoms with E-state index in [1.807, 2.05) is 0 Å². The van der Waals surface area contributed by atoms with E-state index in [1.54, 1.807) is 10.7 Å². The van der Waals surface area contributed by atoms with Crippen molar-refractivity contribution >= 4 is 22.6 Å². The maximum absolute atomic E-state index is 13.3. The second kappa shape index (κ2) is 4.82. The Morgan fingerprint density at radius 3 is 2.94 bits per heavy atom. The van der Waals surface area contributed by atoms with Crippen LogP contribution in [0.3, 0.4) is 0 Å². The maximum Gasteiger partial charge on any atom is 0.144 e. The summed E-state index contributed by atoms with van der Waals surface area (Å²) in [7, 11) is 0. The minimum atomic E-state index is -0.456. The van der Waals surface area contributed by atoms with E-state index in [4.69, 9.17) is 16.3 Å². The van der Waals surface area contributed by atoms with Crippen molar-refractivity contribution in [3.63, 3.8) is 0 Å². The Labute approximate surface area is 109 Å². The summed E-state index contributed by atoms with van der Waals surface area (Å²) in [4.78, 5) is 0. The fourth-order valence-corrected chi connectivity index (χ4v) is 2.43. The van der Waals surface area contributed by atoms with Gasteiger partial charge in [-0.2, -0.15) is 0 Å². The normalized spacial score (nSPS) is 17.4. The summed E-state index contributed by atoms with van der Waals surface area (Å²) in [5, 5.41) is 8.15. The molecule has 3 rings (SSSR count). The van der Waals surface area contributed by atoms with Crippen LogP contribution in [0, 0.1) is 11.7 Å². The van der Waals surface area contributed by atoms with Gasteiger partial charge in [-0.15, -0.1) is 5.10 Å². The van der Waals surface area contributed by atoms with Crippen LogP contribution in [0.5, 0.6) is 0 Å². The van der Waals surface area contributed by atoms with Gasteiger partial charge in [-0.05, 0) is 24.8 Å². The molecule has 1 aromatic carbocycles. The Hall–Kier alpha value is -1.20. The average Bonchev–Trinajstić information content (AvgIpc) is 2.74. The molecule has 0 amide bonds. The third kappa shape index (κ3) is 2.20. The molecule has 2 aromatic rings. The van der Waals surface area contributed by atoms with E-state index in [-0.39, 0.29) is 5.02 Å². The number of hydrogen-bond donors (Lipinski definition) is 0. The van der Waals surface area contributed by atoms with Gasteiger partial charge in [-0.3, -0.25) is 0 Å². The highest BCUT2D eigenvalue weighted by molar-refractivity contribution is 6.31. The number of aromatic nitrogens is 3. The number of ether oxygens (including phenoxy) is 1. The maximum atomic E-state index is 13.3. The smallest absolute Gasteiger partial charge is 0.144 e. The van der Waals surface area contributed by atoms with E-state index in [0.29, 0.717) is 11.4 Å². The van der Waals surface area contributed by atoms with Crippen LogP contribution in [-0.2, 0) is 11.3 Å². The fourth-order valence-electron chi connectivity index (χ4n) is 2.27. The van der Waals surface area contributed by atoms with Crippen LogP contribution < -0.4 is 0 Å². The third-order valence-corrected chi connectivity index (χ3v) is 3.62. The number of nitrogens with zero attached hydrogens (tertiary/aromatic N) is 3. The van der Waals surface area contributed by atoms with Gasteiger partial charge in [0.05, 0.1) is 10.5 Å². The van der Waals surface area contributed by atoms with Crippen molar-refractivity contribution in [2.45, 2.75) is 19.4 Å². The van der Waals surface area contributed by atoms with Crippen molar-refractivity contribution in [2.24, 2.45) is 5.92 Å². The molecule has 0 aliphatic carbocycles. The van der Waals surface area contributed by atoms with Crippen LogP contribution in [0.4, 0.5) is 4.39 Å². The van der Waals surface area contributed by atoms with Crippen molar-refractivity contribution in [3.05, 3.63) is 23.0 Å². The molecule has 18 heavy (non-hydrogen) atoms. The van der Waals surface area contributed by atoms with E-state index < -0.39 is 5.82 Å². The number of halogens is 2. The first-order valence-electron chi connectivity index (χ1n) is 6.00. The number of hydrogen-bond acceptors (Lipinski definition) is 3. The molecule has 6 heteroatoms. The number of rotatable bonds is 2. The molecule has 1 saturated heterocycles. The SMILES string of the molecule is Fc1cc2nnn(CC3CCOCC3)c2cc1Cl. The van der Waals surface area contributed by atoms with E-state index in [2.05, 4.69) is 10.3 Å². The lowest BCUT2D eigenvalue weighted by atomic mass is 10.0. The van der Waals surface area contributed by atoms with Gasteiger partial charge in [-0.25, -0.2) is 9.07 Å². The second-order valence-corrected chi connectivity index (χ2v) is 4.99. The molecular weight excluding hydrogens is 257 g/mol. The highest BCUT2D eigenvalue weighted by Crippen LogP contribution is 2.23. The van der Waals surface area contributed by atoms with E-state index in [9.17, 15) is 4.39 Å². The topological polar surface area (TPSA) is 39.9 Å². The van der Waals surface area contributed by atoms with Gasteiger partial charge in [0.1, 0.15) is 11.3 Å². The molecular formula is C12H13ClFN3O. The Morgan fingerprint density at radius 2 is 2.17 bits per heavy atom. The monoisotopic (exact) mass is 269 g/mol. The molecule has 0 atom stereocenters. The van der Waals surface area contributed by atoms with Gasteiger partial charge in [-0.1, -0.05) is 16.8 Å². The Kier molecular flexibility index (Phi) is 3.18. The van der Waals surface area contributed by atoms with Crippen LogP contribution in [0.1, 0.15) is 12.8 Å². The molecule has 0 unspecified atom stereocenters. The minimum absolute atomic E-state index is 0.109. The molecule has 4 nitrogen and oxygen atoms in total. The molecule has 0 spiro atoms. The molecule has 0 radical (unpaired) electrons. The second-order valence-electron chi connectivity index (χ2n) is 4.58. The number of benzene rings is 1. The summed E-state index contributed by atoms with van der Waals surface area (Å²) < 4.78 is 20.4. The molecule has 1 fully saturated rings. The van der Waals surface area contributed by atoms with Crippen molar-refractivity contribution in [2.75, 3.05) is 13.2 Å². The van der Waals surface area contributed by atoms with Gasteiger partial charge >= 0.3 is 0 Å². The molecule has 1 aliphatic rings. The van der Waals surface area contributed by atoms with E-state index >= 15 is 0 Å². The zero-order valence-electron chi connectivity index (χ0n) is 9.77. The molecule has 1 aromatic heterocycles. The first-order valence-corrected chi connectivity index (χ1v) is 6.38. The van der Waals surface area contributed by atoms with Crippen LogP contribution in [-0.4, -0.2) is 28.2 Å². The van der Waals surface area contributed by atoms with Crippen molar-refractivity contribution < 1.29 is 9.13 Å². The Morgan fingerprint density at radius 1 is 1.39 bits per heavy atom. The summed E-state index contributed by atoms with van der Waals surface area (Å²) in [5.41, 5.74) is 1.33. The van der Waals surface area contributed by atoms with Gasteiger partial charge in [0.2, 0.25) is 0 Å². The first kappa shape index (κ1) is 11.9. The average molecular weight is 270 g/mol. The highest BCUT2D eigenvalue weighted by Gasteiger charge is 2.17. The van der Waals surface area contributed by atoms with E-state index in [1.165, 1.54) is 6.07 Å². The Balaban J connectivity index is 1.89. The predicted molar refractivity (Wildman–Crippen MR) is 66.0 cm³/mol. The summed E-state index contributed by atoms with van der Waals surface area (Å²) in [6, 6.07) is 2.91. The standard InChI is InChI=1S/C12H13ClFN3O/c13-9-5-12-11(6-10(9)14)15-16-17(12)7-8-1-3-18-4-2-8/h5-6,8H,1-4,7H2. The van der Waals surface area contributed by atoms with Crippen molar-refractivity contribution in [1.82, 2.24) is 15.0 Å². The van der Waals surface area contributed by atoms with Gasteiger partial charge in [0.25, 0.3) is 0 Å². The fraction of sp³-hybridized carbons (Fsp3) is 0.500. The third-order valence-electron chi connectivity index (χ3n) is 3.33. The summed E-state index contributed by atoms with van der Waals surface area (Å²) >= 11 is 5.80. The molecule has 0 saturated carbocycles. The summed E-state index contributed by atoms with van der Waals surface area (Å²) in [6.45, 7) is 2.38. The molecule has 0 bridgehead atoms. The van der Waals surface area contributed by atoms with E-state index in [0.717, 1.165) is 38.1 Å². The molecule has 2 heterocycles. The molecule has 96 valence electrons. The zero-order chi connectivity index (χ0) is 12.5. The number of fused-ring (bicyclic) bond motifs is 1. The quantitative estimate of drug-likeness (QED) is 0.841. The van der Waals surface area contributed by atoms with Crippen molar-refractivity contribution in [1.29, 1.82) is 0 Å². The lowest BCUT2D eigenvalue weighted by molar-refractivity contribution is 0.0604. The van der Waals surface area contributed by atoms with Crippen LogP contribution in [0.2, 0.25) is 5.02 Å². The first-order chi connectivity index (χ1) is 8.74. The van der Waals surface area contributed by atoms with Gasteiger partial charge < -0.3 is 4.74 Å². The highest BCUT2D eigenvalue weighted by atomic mass is 35.5. The Bertz CT molecular complexity index is 566. The van der Waals surface area contributed by atoms with Crippen molar-refractivity contribution in [3.8, 4) is 0 Å². The van der Waals surface area contributed by atoms with Crippen LogP contribution in [0.25, 0.3) is 11.0 Å². The lowest BCUT2D eigenvalue weighted by Crippen LogP contribution is -2.20. The zero-order valence-corrected chi connectivity index (χ0v) is 10.5. The molecule has 0 N–H and O–H groups in total. The summed E-state index contributed by atoms with van der Waals surface area (Å²) in [5.74, 6) is 0.0785. The largest absolute Gasteiger partial charge is 0.381 e. The minimum Gasteiger partial charge on any atom is -0.381 e. The predicted octanol–water partition coefficient (Wildman–Crippen LogP) is 2.65. The lowest BCUT2D eigenvalue weighted by Gasteiger charge is -2.21. The van der Waals surface area contributed by atoms with Crippen LogP contribution >= 0.6 is 11.6 Å².